The van der Waals surface area contributed by atoms with Gasteiger partial charge in [0.15, 0.2) is 0 Å². The molecule has 1 atom stereocenters. The fourth-order valence-corrected chi connectivity index (χ4v) is 3.12. The van der Waals surface area contributed by atoms with Crippen LogP contribution >= 0.6 is 0 Å². The van der Waals surface area contributed by atoms with Crippen LogP contribution in [-0.4, -0.2) is 44.2 Å². The SMILES string of the molecule is CCC1CN(C)CCCN1c1cccc(F)c1CCN. The van der Waals surface area contributed by atoms with Crippen LogP contribution in [-0.2, 0) is 6.42 Å². The average molecular weight is 279 g/mol. The Morgan fingerprint density at radius 3 is 2.85 bits per heavy atom. The van der Waals surface area contributed by atoms with Gasteiger partial charge in [0.25, 0.3) is 0 Å². The summed E-state index contributed by atoms with van der Waals surface area (Å²) >= 11 is 0. The molecule has 2 N–H and O–H groups in total. The molecule has 0 radical (unpaired) electrons. The number of hydrogen-bond donors (Lipinski definition) is 1. The standard InChI is InChI=1S/C16H26FN3/c1-3-13-12-19(2)10-5-11-20(13)16-7-4-6-15(17)14(16)8-9-18/h4,6-7,13H,3,5,8-12,18H2,1-2H3. The average Bonchev–Trinajstić information content (AvgIpc) is 2.62. The Morgan fingerprint density at radius 2 is 2.15 bits per heavy atom. The van der Waals surface area contributed by atoms with E-state index in [1.54, 1.807) is 6.07 Å². The molecule has 0 saturated carbocycles. The van der Waals surface area contributed by atoms with Crippen LogP contribution in [0.1, 0.15) is 25.3 Å². The molecule has 1 unspecified atom stereocenters. The second-order valence-corrected chi connectivity index (χ2v) is 5.65. The van der Waals surface area contributed by atoms with Gasteiger partial charge in [-0.1, -0.05) is 13.0 Å². The van der Waals surface area contributed by atoms with Crippen LogP contribution in [0.3, 0.4) is 0 Å². The summed E-state index contributed by atoms with van der Waals surface area (Å²) in [6, 6.07) is 5.84. The molecule has 3 nitrogen and oxygen atoms in total. The molecular formula is C16H26FN3. The smallest absolute Gasteiger partial charge is 0.128 e. The van der Waals surface area contributed by atoms with Crippen LogP contribution in [0.25, 0.3) is 0 Å². The maximum Gasteiger partial charge on any atom is 0.128 e. The van der Waals surface area contributed by atoms with Crippen molar-refractivity contribution in [2.75, 3.05) is 38.1 Å². The Hall–Kier alpha value is -1.13. The highest BCUT2D eigenvalue weighted by Crippen LogP contribution is 2.28. The van der Waals surface area contributed by atoms with Crippen molar-refractivity contribution in [2.24, 2.45) is 5.73 Å². The summed E-state index contributed by atoms with van der Waals surface area (Å²) in [4.78, 5) is 4.76. The van der Waals surface area contributed by atoms with Crippen LogP contribution in [0, 0.1) is 5.82 Å². The highest BCUT2D eigenvalue weighted by Gasteiger charge is 2.24. The van der Waals surface area contributed by atoms with E-state index in [4.69, 9.17) is 5.73 Å². The van der Waals surface area contributed by atoms with Crippen molar-refractivity contribution in [1.29, 1.82) is 0 Å². The van der Waals surface area contributed by atoms with E-state index in [-0.39, 0.29) is 5.82 Å². The van der Waals surface area contributed by atoms with E-state index in [9.17, 15) is 4.39 Å². The van der Waals surface area contributed by atoms with Crippen LogP contribution in [0.5, 0.6) is 0 Å². The first-order valence-electron chi connectivity index (χ1n) is 7.60. The molecule has 0 aliphatic carbocycles. The summed E-state index contributed by atoms with van der Waals surface area (Å²) in [6.07, 6.45) is 2.79. The Morgan fingerprint density at radius 1 is 1.35 bits per heavy atom. The van der Waals surface area contributed by atoms with Crippen molar-refractivity contribution in [1.82, 2.24) is 4.90 Å². The molecule has 1 aromatic carbocycles. The topological polar surface area (TPSA) is 32.5 Å². The molecule has 1 fully saturated rings. The molecule has 0 aromatic heterocycles. The Balaban J connectivity index is 2.34. The largest absolute Gasteiger partial charge is 0.367 e. The lowest BCUT2D eigenvalue weighted by Gasteiger charge is -2.34. The van der Waals surface area contributed by atoms with Crippen molar-refractivity contribution in [3.05, 3.63) is 29.6 Å². The Kier molecular flexibility index (Phi) is 5.38. The number of rotatable bonds is 4. The maximum atomic E-state index is 14.1. The molecule has 0 spiro atoms. The van der Waals surface area contributed by atoms with Gasteiger partial charge in [0, 0.05) is 30.4 Å². The normalized spacial score (nSPS) is 21.0. The van der Waals surface area contributed by atoms with Gasteiger partial charge in [-0.25, -0.2) is 4.39 Å². The molecular weight excluding hydrogens is 253 g/mol. The third-order valence-corrected chi connectivity index (χ3v) is 4.17. The predicted octanol–water partition coefficient (Wildman–Crippen LogP) is 2.25. The first kappa shape index (κ1) is 15.3. The summed E-state index contributed by atoms with van der Waals surface area (Å²) in [5, 5.41) is 0. The van der Waals surface area contributed by atoms with Crippen molar-refractivity contribution in [2.45, 2.75) is 32.2 Å². The number of nitrogens with zero attached hydrogens (tertiary/aromatic N) is 2. The molecule has 1 saturated heterocycles. The quantitative estimate of drug-likeness (QED) is 0.917. The zero-order valence-electron chi connectivity index (χ0n) is 12.6. The summed E-state index contributed by atoms with van der Waals surface area (Å²) < 4.78 is 14.1. The lowest BCUT2D eigenvalue weighted by atomic mass is 10.0. The highest BCUT2D eigenvalue weighted by atomic mass is 19.1. The van der Waals surface area contributed by atoms with Crippen molar-refractivity contribution < 1.29 is 4.39 Å². The van der Waals surface area contributed by atoms with Gasteiger partial charge in [-0.05, 0) is 51.5 Å². The molecule has 1 aliphatic rings. The molecule has 1 heterocycles. The first-order valence-corrected chi connectivity index (χ1v) is 7.60. The van der Waals surface area contributed by atoms with Crippen molar-refractivity contribution in [3.8, 4) is 0 Å². The number of anilines is 1. The van der Waals surface area contributed by atoms with Gasteiger partial charge < -0.3 is 15.5 Å². The van der Waals surface area contributed by atoms with Crippen LogP contribution < -0.4 is 10.6 Å². The highest BCUT2D eigenvalue weighted by molar-refractivity contribution is 5.55. The van der Waals surface area contributed by atoms with Crippen LogP contribution in [0.4, 0.5) is 10.1 Å². The monoisotopic (exact) mass is 279 g/mol. The second-order valence-electron chi connectivity index (χ2n) is 5.65. The number of hydrogen-bond acceptors (Lipinski definition) is 3. The fraction of sp³-hybridized carbons (Fsp3) is 0.625. The summed E-state index contributed by atoms with van der Waals surface area (Å²) in [5.74, 6) is -0.125. The molecule has 0 bridgehead atoms. The van der Waals surface area contributed by atoms with E-state index in [0.717, 1.165) is 43.7 Å². The molecule has 1 aromatic rings. The molecule has 20 heavy (non-hydrogen) atoms. The van der Waals surface area contributed by atoms with Crippen LogP contribution in [0.15, 0.2) is 18.2 Å². The van der Waals surface area contributed by atoms with Gasteiger partial charge in [-0.15, -0.1) is 0 Å². The van der Waals surface area contributed by atoms with Gasteiger partial charge in [-0.3, -0.25) is 0 Å². The van der Waals surface area contributed by atoms with Gasteiger partial charge >= 0.3 is 0 Å². The van der Waals surface area contributed by atoms with Crippen molar-refractivity contribution in [3.63, 3.8) is 0 Å². The zero-order valence-corrected chi connectivity index (χ0v) is 12.6. The summed E-state index contributed by atoms with van der Waals surface area (Å²) in [7, 11) is 2.17. The minimum absolute atomic E-state index is 0.125. The minimum atomic E-state index is -0.125. The maximum absolute atomic E-state index is 14.1. The predicted molar refractivity (Wildman–Crippen MR) is 82.7 cm³/mol. The minimum Gasteiger partial charge on any atom is -0.367 e. The van der Waals surface area contributed by atoms with Gasteiger partial charge in [0.2, 0.25) is 0 Å². The number of halogens is 1. The lowest BCUT2D eigenvalue weighted by molar-refractivity contribution is 0.328. The van der Waals surface area contributed by atoms with E-state index >= 15 is 0 Å². The Bertz CT molecular complexity index is 436. The lowest BCUT2D eigenvalue weighted by Crippen LogP contribution is -2.40. The van der Waals surface area contributed by atoms with E-state index in [2.05, 4.69) is 23.8 Å². The first-order chi connectivity index (χ1) is 9.67. The number of nitrogens with two attached hydrogens (primary N) is 1. The van der Waals surface area contributed by atoms with Gasteiger partial charge in [0.05, 0.1) is 0 Å². The number of likely N-dealkylation sites (N-methyl/N-ethyl adjacent to an activating group) is 1. The molecule has 112 valence electrons. The van der Waals surface area contributed by atoms with Crippen LogP contribution in [0.2, 0.25) is 0 Å². The molecule has 2 rings (SSSR count). The van der Waals surface area contributed by atoms with Gasteiger partial charge in [0.1, 0.15) is 5.82 Å². The van der Waals surface area contributed by atoms with E-state index in [1.165, 1.54) is 0 Å². The molecule has 4 heteroatoms. The van der Waals surface area contributed by atoms with Crippen molar-refractivity contribution >= 4 is 5.69 Å². The Labute approximate surface area is 121 Å². The zero-order chi connectivity index (χ0) is 14.5. The summed E-state index contributed by atoms with van der Waals surface area (Å²) in [6.45, 7) is 5.82. The van der Waals surface area contributed by atoms with E-state index in [1.807, 2.05) is 12.1 Å². The second kappa shape index (κ2) is 7.04. The summed E-state index contributed by atoms with van der Waals surface area (Å²) in [5.41, 5.74) is 7.47. The fourth-order valence-electron chi connectivity index (χ4n) is 3.12. The third kappa shape index (κ3) is 3.30. The van der Waals surface area contributed by atoms with Gasteiger partial charge in [-0.2, -0.15) is 0 Å². The molecule has 1 aliphatic heterocycles. The number of benzene rings is 1. The third-order valence-electron chi connectivity index (χ3n) is 4.17. The van der Waals surface area contributed by atoms with E-state index < -0.39 is 0 Å². The molecule has 0 amide bonds. The van der Waals surface area contributed by atoms with E-state index in [0.29, 0.717) is 19.0 Å².